The lowest BCUT2D eigenvalue weighted by Crippen LogP contribution is -2.38. The SMILES string of the molecule is Cc1nonc1CC1CNCCC1=O. The van der Waals surface area contributed by atoms with Gasteiger partial charge in [-0.3, -0.25) is 4.79 Å². The van der Waals surface area contributed by atoms with Crippen molar-refractivity contribution in [2.45, 2.75) is 19.8 Å². The van der Waals surface area contributed by atoms with Crippen LogP contribution in [0.5, 0.6) is 0 Å². The number of hydrogen-bond donors (Lipinski definition) is 1. The van der Waals surface area contributed by atoms with E-state index in [0.717, 1.165) is 24.5 Å². The van der Waals surface area contributed by atoms with Crippen molar-refractivity contribution in [3.05, 3.63) is 11.4 Å². The summed E-state index contributed by atoms with van der Waals surface area (Å²) < 4.78 is 4.59. The fourth-order valence-corrected chi connectivity index (χ4v) is 1.66. The maximum Gasteiger partial charge on any atom is 0.138 e. The number of aromatic nitrogens is 2. The van der Waals surface area contributed by atoms with E-state index in [1.165, 1.54) is 0 Å². The average Bonchev–Trinajstić information content (AvgIpc) is 2.56. The van der Waals surface area contributed by atoms with E-state index in [1.54, 1.807) is 0 Å². The van der Waals surface area contributed by atoms with Crippen LogP contribution in [0.15, 0.2) is 4.63 Å². The number of carbonyl (C=O) groups is 1. The van der Waals surface area contributed by atoms with Crippen molar-refractivity contribution in [2.24, 2.45) is 5.92 Å². The van der Waals surface area contributed by atoms with Gasteiger partial charge in [-0.25, -0.2) is 4.63 Å². The van der Waals surface area contributed by atoms with Crippen LogP contribution in [0.3, 0.4) is 0 Å². The Morgan fingerprint density at radius 3 is 3.07 bits per heavy atom. The van der Waals surface area contributed by atoms with Gasteiger partial charge in [0.2, 0.25) is 0 Å². The largest absolute Gasteiger partial charge is 0.316 e. The molecule has 1 aliphatic rings. The monoisotopic (exact) mass is 195 g/mol. The molecular formula is C9H13N3O2. The quantitative estimate of drug-likeness (QED) is 0.724. The molecule has 1 aromatic heterocycles. The Morgan fingerprint density at radius 1 is 1.57 bits per heavy atom. The van der Waals surface area contributed by atoms with Crippen molar-refractivity contribution in [1.29, 1.82) is 0 Å². The van der Waals surface area contributed by atoms with E-state index in [0.29, 0.717) is 18.6 Å². The zero-order valence-electron chi connectivity index (χ0n) is 8.12. The Morgan fingerprint density at radius 2 is 2.43 bits per heavy atom. The molecule has 0 radical (unpaired) electrons. The minimum Gasteiger partial charge on any atom is -0.316 e. The Labute approximate surface area is 81.8 Å². The maximum atomic E-state index is 11.5. The van der Waals surface area contributed by atoms with Gasteiger partial charge < -0.3 is 5.32 Å². The molecule has 1 saturated heterocycles. The van der Waals surface area contributed by atoms with Crippen molar-refractivity contribution in [2.75, 3.05) is 13.1 Å². The number of carbonyl (C=O) groups excluding carboxylic acids is 1. The Hall–Kier alpha value is -1.23. The highest BCUT2D eigenvalue weighted by Gasteiger charge is 2.24. The summed E-state index contributed by atoms with van der Waals surface area (Å²) in [7, 11) is 0. The summed E-state index contributed by atoms with van der Waals surface area (Å²) >= 11 is 0. The van der Waals surface area contributed by atoms with E-state index < -0.39 is 0 Å². The van der Waals surface area contributed by atoms with Crippen LogP contribution in [0, 0.1) is 12.8 Å². The van der Waals surface area contributed by atoms with Gasteiger partial charge in [-0.05, 0) is 6.92 Å². The molecule has 1 atom stereocenters. The smallest absolute Gasteiger partial charge is 0.138 e. The summed E-state index contributed by atoms with van der Waals surface area (Å²) in [6.07, 6.45) is 1.26. The molecule has 1 N–H and O–H groups in total. The van der Waals surface area contributed by atoms with E-state index in [9.17, 15) is 4.79 Å². The molecule has 0 aromatic carbocycles. The van der Waals surface area contributed by atoms with Crippen LogP contribution >= 0.6 is 0 Å². The topological polar surface area (TPSA) is 68.0 Å². The van der Waals surface area contributed by atoms with Crippen LogP contribution in [0.2, 0.25) is 0 Å². The van der Waals surface area contributed by atoms with Gasteiger partial charge >= 0.3 is 0 Å². The number of nitrogens with zero attached hydrogens (tertiary/aromatic N) is 2. The third-order valence-corrected chi connectivity index (χ3v) is 2.58. The van der Waals surface area contributed by atoms with E-state index in [4.69, 9.17) is 0 Å². The Bertz CT molecular complexity index is 335. The number of hydrogen-bond acceptors (Lipinski definition) is 5. The molecule has 5 nitrogen and oxygen atoms in total. The molecule has 1 aromatic rings. The fraction of sp³-hybridized carbons (Fsp3) is 0.667. The molecule has 2 heterocycles. The van der Waals surface area contributed by atoms with Crippen LogP contribution in [0.1, 0.15) is 17.8 Å². The number of Topliss-reactive ketones (excluding diaryl/α,β-unsaturated/α-hetero) is 1. The van der Waals surface area contributed by atoms with Crippen LogP contribution in [0.25, 0.3) is 0 Å². The molecule has 0 amide bonds. The maximum absolute atomic E-state index is 11.5. The van der Waals surface area contributed by atoms with Crippen molar-refractivity contribution in [3.63, 3.8) is 0 Å². The molecule has 0 saturated carbocycles. The lowest BCUT2D eigenvalue weighted by molar-refractivity contribution is -0.123. The molecule has 1 fully saturated rings. The highest BCUT2D eigenvalue weighted by atomic mass is 16.6. The Kier molecular flexibility index (Phi) is 2.58. The van der Waals surface area contributed by atoms with Crippen LogP contribution in [0.4, 0.5) is 0 Å². The molecule has 1 aliphatic heterocycles. The van der Waals surface area contributed by atoms with Crippen molar-refractivity contribution in [3.8, 4) is 0 Å². The van der Waals surface area contributed by atoms with E-state index in [-0.39, 0.29) is 5.92 Å². The predicted octanol–water partition coefficient (Wildman–Crippen LogP) is 0.0991. The summed E-state index contributed by atoms with van der Waals surface area (Å²) in [5.41, 5.74) is 1.58. The van der Waals surface area contributed by atoms with Crippen LogP contribution in [-0.4, -0.2) is 29.2 Å². The molecule has 14 heavy (non-hydrogen) atoms. The minimum absolute atomic E-state index is 0.0364. The van der Waals surface area contributed by atoms with Gasteiger partial charge in [-0.1, -0.05) is 10.3 Å². The number of piperidine rings is 1. The molecule has 5 heteroatoms. The molecule has 0 bridgehead atoms. The molecule has 0 aliphatic carbocycles. The van der Waals surface area contributed by atoms with Gasteiger partial charge in [0.05, 0.1) is 0 Å². The highest BCUT2D eigenvalue weighted by molar-refractivity contribution is 5.82. The molecule has 1 unspecified atom stereocenters. The first kappa shape index (κ1) is 9.33. The normalized spacial score (nSPS) is 22.6. The molecule has 2 rings (SSSR count). The average molecular weight is 195 g/mol. The first-order chi connectivity index (χ1) is 6.77. The van der Waals surface area contributed by atoms with Crippen LogP contribution in [-0.2, 0) is 11.2 Å². The van der Waals surface area contributed by atoms with Crippen molar-refractivity contribution < 1.29 is 9.42 Å². The summed E-state index contributed by atoms with van der Waals surface area (Å²) in [4.78, 5) is 11.5. The van der Waals surface area contributed by atoms with Crippen molar-refractivity contribution in [1.82, 2.24) is 15.6 Å². The van der Waals surface area contributed by atoms with Crippen molar-refractivity contribution >= 4 is 5.78 Å². The summed E-state index contributed by atoms with van der Waals surface area (Å²) in [6, 6.07) is 0. The van der Waals surface area contributed by atoms with Gasteiger partial charge in [-0.15, -0.1) is 0 Å². The second kappa shape index (κ2) is 3.88. The lowest BCUT2D eigenvalue weighted by Gasteiger charge is -2.20. The summed E-state index contributed by atoms with van der Waals surface area (Å²) in [6.45, 7) is 3.38. The van der Waals surface area contributed by atoms with Gasteiger partial charge in [0.1, 0.15) is 17.2 Å². The van der Waals surface area contributed by atoms with E-state index >= 15 is 0 Å². The van der Waals surface area contributed by atoms with E-state index in [2.05, 4.69) is 20.3 Å². The first-order valence-electron chi connectivity index (χ1n) is 4.79. The number of rotatable bonds is 2. The third-order valence-electron chi connectivity index (χ3n) is 2.58. The standard InChI is InChI=1S/C9H13N3O2/c1-6-8(12-14-11-6)4-7-5-10-3-2-9(7)13/h7,10H,2-5H2,1H3. The predicted molar refractivity (Wildman–Crippen MR) is 48.7 cm³/mol. The zero-order valence-corrected chi connectivity index (χ0v) is 8.12. The molecular weight excluding hydrogens is 182 g/mol. The van der Waals surface area contributed by atoms with E-state index in [1.807, 2.05) is 6.92 Å². The number of aryl methyl sites for hydroxylation is 1. The Balaban J connectivity index is 2.03. The van der Waals surface area contributed by atoms with Gasteiger partial charge in [0.15, 0.2) is 0 Å². The lowest BCUT2D eigenvalue weighted by atomic mass is 9.93. The molecule has 76 valence electrons. The number of nitrogens with one attached hydrogen (secondary N) is 1. The van der Waals surface area contributed by atoms with Gasteiger partial charge in [0, 0.05) is 31.8 Å². The first-order valence-corrected chi connectivity index (χ1v) is 4.79. The number of ketones is 1. The molecule has 0 spiro atoms. The van der Waals surface area contributed by atoms with Crippen LogP contribution < -0.4 is 5.32 Å². The third kappa shape index (κ3) is 1.82. The highest BCUT2D eigenvalue weighted by Crippen LogP contribution is 2.13. The van der Waals surface area contributed by atoms with Gasteiger partial charge in [0.25, 0.3) is 0 Å². The summed E-state index contributed by atoms with van der Waals surface area (Å²) in [5, 5.41) is 10.7. The minimum atomic E-state index is 0.0364. The second-order valence-corrected chi connectivity index (χ2v) is 3.62. The fourth-order valence-electron chi connectivity index (χ4n) is 1.66. The zero-order chi connectivity index (χ0) is 9.97. The second-order valence-electron chi connectivity index (χ2n) is 3.62. The summed E-state index contributed by atoms with van der Waals surface area (Å²) in [5.74, 6) is 0.348. The van der Waals surface area contributed by atoms with Gasteiger partial charge in [-0.2, -0.15) is 0 Å².